The number of methoxy groups -OCH3 is 2. The molecule has 0 radical (unpaired) electrons. The summed E-state index contributed by atoms with van der Waals surface area (Å²) in [6.45, 7) is 0.956. The average Bonchev–Trinajstić information content (AvgIpc) is 3.00. The molecular formula is C27H27N3O5. The first kappa shape index (κ1) is 23.8. The third-order valence-electron chi connectivity index (χ3n) is 6.08. The van der Waals surface area contributed by atoms with E-state index in [1.165, 1.54) is 7.11 Å². The van der Waals surface area contributed by atoms with Crippen LogP contribution in [-0.2, 0) is 22.5 Å². The lowest BCUT2D eigenvalue weighted by atomic mass is 9.97. The molecule has 0 fully saturated rings. The summed E-state index contributed by atoms with van der Waals surface area (Å²) >= 11 is 0. The maximum atomic E-state index is 13.2. The van der Waals surface area contributed by atoms with Gasteiger partial charge in [0.25, 0.3) is 0 Å². The molecule has 0 aliphatic carbocycles. The summed E-state index contributed by atoms with van der Waals surface area (Å²) in [5.74, 6) is -0.687. The van der Waals surface area contributed by atoms with Crippen LogP contribution in [0, 0.1) is 5.92 Å². The Kier molecular flexibility index (Phi) is 7.01. The van der Waals surface area contributed by atoms with Gasteiger partial charge < -0.3 is 25.4 Å². The molecule has 3 N–H and O–H groups in total. The van der Waals surface area contributed by atoms with Gasteiger partial charge in [-0.05, 0) is 60.0 Å². The third-order valence-corrected chi connectivity index (χ3v) is 6.08. The van der Waals surface area contributed by atoms with Crippen molar-refractivity contribution in [2.45, 2.75) is 13.0 Å². The van der Waals surface area contributed by atoms with Gasteiger partial charge in [-0.2, -0.15) is 0 Å². The normalized spacial score (nSPS) is 15.0. The van der Waals surface area contributed by atoms with Crippen molar-refractivity contribution in [1.29, 1.82) is 0 Å². The number of nitrogens with one attached hydrogen (secondary N) is 1. The van der Waals surface area contributed by atoms with E-state index in [4.69, 9.17) is 15.2 Å². The molecule has 1 heterocycles. The highest BCUT2D eigenvalue weighted by Crippen LogP contribution is 2.33. The Morgan fingerprint density at radius 3 is 2.26 bits per heavy atom. The number of anilines is 2. The van der Waals surface area contributed by atoms with E-state index >= 15 is 0 Å². The van der Waals surface area contributed by atoms with Crippen molar-refractivity contribution < 1.29 is 23.9 Å². The van der Waals surface area contributed by atoms with Crippen molar-refractivity contribution in [3.05, 3.63) is 89.0 Å². The Morgan fingerprint density at radius 1 is 0.971 bits per heavy atom. The number of fused-ring (bicyclic) bond motifs is 1. The van der Waals surface area contributed by atoms with Crippen molar-refractivity contribution >= 4 is 29.2 Å². The smallest absolute Gasteiger partial charge is 0.337 e. The van der Waals surface area contributed by atoms with Crippen molar-refractivity contribution in [1.82, 2.24) is 0 Å². The van der Waals surface area contributed by atoms with E-state index < -0.39 is 11.9 Å². The SMILES string of the molecule is COC(=O)c1ccc(CN2CC(Cc3ccc(OC)cc3)C(=O)Nc3cc(C(N)=O)ccc32)cc1. The van der Waals surface area contributed by atoms with Crippen molar-refractivity contribution in [2.24, 2.45) is 11.7 Å². The number of hydrogen-bond acceptors (Lipinski definition) is 6. The monoisotopic (exact) mass is 473 g/mol. The summed E-state index contributed by atoms with van der Waals surface area (Å²) < 4.78 is 10.0. The van der Waals surface area contributed by atoms with E-state index in [0.717, 1.165) is 22.6 Å². The molecule has 0 saturated carbocycles. The van der Waals surface area contributed by atoms with E-state index in [0.29, 0.717) is 36.3 Å². The van der Waals surface area contributed by atoms with Crippen LogP contribution in [0.1, 0.15) is 31.8 Å². The predicted octanol–water partition coefficient (Wildman–Crippen LogP) is 3.40. The lowest BCUT2D eigenvalue weighted by molar-refractivity contribution is -0.119. The Balaban J connectivity index is 1.64. The standard InChI is InChI=1S/C27H27N3O5/c1-34-22-10-5-17(6-11-22)13-21-16-30(15-18-3-7-19(8-4-18)27(33)35-2)24-12-9-20(25(28)31)14-23(24)29-26(21)32/h3-12,14,21H,13,15-16H2,1-2H3,(H2,28,31)(H,29,32). The molecule has 0 saturated heterocycles. The van der Waals surface area contributed by atoms with Crippen LogP contribution >= 0.6 is 0 Å². The second-order valence-electron chi connectivity index (χ2n) is 8.40. The van der Waals surface area contributed by atoms with Crippen molar-refractivity contribution in [2.75, 3.05) is 31.0 Å². The molecule has 4 rings (SSSR count). The Hall–Kier alpha value is -4.33. The lowest BCUT2D eigenvalue weighted by Gasteiger charge is -2.27. The van der Waals surface area contributed by atoms with Gasteiger partial charge in [0.1, 0.15) is 5.75 Å². The molecule has 8 nitrogen and oxygen atoms in total. The molecule has 1 unspecified atom stereocenters. The molecule has 1 atom stereocenters. The minimum atomic E-state index is -0.564. The van der Waals surface area contributed by atoms with Crippen LogP contribution in [-0.4, -0.2) is 38.5 Å². The summed E-state index contributed by atoms with van der Waals surface area (Å²) in [5.41, 5.74) is 9.55. The molecule has 1 aliphatic heterocycles. The van der Waals surface area contributed by atoms with E-state index in [-0.39, 0.29) is 11.8 Å². The van der Waals surface area contributed by atoms with Crippen LogP contribution < -0.4 is 20.7 Å². The van der Waals surface area contributed by atoms with Crippen LogP contribution in [0.2, 0.25) is 0 Å². The van der Waals surface area contributed by atoms with Gasteiger partial charge in [0, 0.05) is 18.7 Å². The molecule has 35 heavy (non-hydrogen) atoms. The molecule has 0 bridgehead atoms. The average molecular weight is 474 g/mol. The number of ether oxygens (including phenoxy) is 2. The minimum absolute atomic E-state index is 0.132. The molecule has 3 aromatic rings. The number of nitrogens with zero attached hydrogens (tertiary/aromatic N) is 1. The highest BCUT2D eigenvalue weighted by molar-refractivity contribution is 6.01. The van der Waals surface area contributed by atoms with Gasteiger partial charge in [-0.1, -0.05) is 24.3 Å². The summed E-state index contributed by atoms with van der Waals surface area (Å²) in [7, 11) is 2.96. The minimum Gasteiger partial charge on any atom is -0.497 e. The van der Waals surface area contributed by atoms with Gasteiger partial charge in [0.15, 0.2) is 0 Å². The fraction of sp³-hybridized carbons (Fsp3) is 0.222. The molecule has 1 aliphatic rings. The Labute approximate surface area is 203 Å². The van der Waals surface area contributed by atoms with Crippen LogP contribution in [0.4, 0.5) is 11.4 Å². The van der Waals surface area contributed by atoms with Crippen LogP contribution in [0.3, 0.4) is 0 Å². The molecular weight excluding hydrogens is 446 g/mol. The lowest BCUT2D eigenvalue weighted by Crippen LogP contribution is -2.33. The first-order valence-corrected chi connectivity index (χ1v) is 11.2. The molecule has 2 amide bonds. The summed E-state index contributed by atoms with van der Waals surface area (Å²) in [6.07, 6.45) is 0.532. The summed E-state index contributed by atoms with van der Waals surface area (Å²) in [5, 5.41) is 2.98. The largest absolute Gasteiger partial charge is 0.497 e. The van der Waals surface area contributed by atoms with E-state index in [2.05, 4.69) is 10.2 Å². The number of esters is 1. The number of carbonyl (C=O) groups is 3. The second kappa shape index (κ2) is 10.3. The summed E-state index contributed by atoms with van der Waals surface area (Å²) in [4.78, 5) is 38.8. The van der Waals surface area contributed by atoms with Crippen molar-refractivity contribution in [3.63, 3.8) is 0 Å². The van der Waals surface area contributed by atoms with Crippen LogP contribution in [0.5, 0.6) is 5.75 Å². The van der Waals surface area contributed by atoms with E-state index in [9.17, 15) is 14.4 Å². The molecule has 0 aromatic heterocycles. The number of carbonyl (C=O) groups excluding carboxylic acids is 3. The van der Waals surface area contributed by atoms with E-state index in [1.807, 2.05) is 36.4 Å². The zero-order valence-corrected chi connectivity index (χ0v) is 19.6. The van der Waals surface area contributed by atoms with Gasteiger partial charge in [-0.15, -0.1) is 0 Å². The van der Waals surface area contributed by atoms with Crippen LogP contribution in [0.25, 0.3) is 0 Å². The Bertz CT molecular complexity index is 1240. The van der Waals surface area contributed by atoms with Gasteiger partial charge >= 0.3 is 5.97 Å². The number of hydrogen-bond donors (Lipinski definition) is 2. The molecule has 3 aromatic carbocycles. The maximum Gasteiger partial charge on any atom is 0.337 e. The third kappa shape index (κ3) is 5.43. The quantitative estimate of drug-likeness (QED) is 0.509. The van der Waals surface area contributed by atoms with Gasteiger partial charge in [0.05, 0.1) is 37.1 Å². The molecule has 180 valence electrons. The molecule has 0 spiro atoms. The van der Waals surface area contributed by atoms with Crippen molar-refractivity contribution in [3.8, 4) is 5.75 Å². The zero-order chi connectivity index (χ0) is 24.9. The zero-order valence-electron chi connectivity index (χ0n) is 19.6. The fourth-order valence-electron chi connectivity index (χ4n) is 4.18. The number of amides is 2. The van der Waals surface area contributed by atoms with E-state index in [1.54, 1.807) is 37.4 Å². The number of nitrogens with two attached hydrogens (primary N) is 1. The first-order chi connectivity index (χ1) is 16.9. The van der Waals surface area contributed by atoms with Gasteiger partial charge in [-0.3, -0.25) is 9.59 Å². The fourth-order valence-corrected chi connectivity index (χ4v) is 4.18. The molecule has 8 heteroatoms. The first-order valence-electron chi connectivity index (χ1n) is 11.2. The second-order valence-corrected chi connectivity index (χ2v) is 8.40. The topological polar surface area (TPSA) is 111 Å². The number of rotatable bonds is 7. The van der Waals surface area contributed by atoms with Gasteiger partial charge in [0.2, 0.25) is 11.8 Å². The highest BCUT2D eigenvalue weighted by atomic mass is 16.5. The summed E-state index contributed by atoms with van der Waals surface area (Å²) in [6, 6.07) is 19.9. The van der Waals surface area contributed by atoms with Crippen LogP contribution in [0.15, 0.2) is 66.7 Å². The number of benzene rings is 3. The maximum absolute atomic E-state index is 13.2. The Morgan fingerprint density at radius 2 is 1.63 bits per heavy atom. The predicted molar refractivity (Wildman–Crippen MR) is 133 cm³/mol. The van der Waals surface area contributed by atoms with Gasteiger partial charge in [-0.25, -0.2) is 4.79 Å². The number of primary amides is 1. The highest BCUT2D eigenvalue weighted by Gasteiger charge is 2.29.